The van der Waals surface area contributed by atoms with E-state index in [1.54, 1.807) is 0 Å². The lowest BCUT2D eigenvalue weighted by Crippen LogP contribution is -2.26. The number of fused-ring (bicyclic) bond motifs is 2. The predicted octanol–water partition coefficient (Wildman–Crippen LogP) is 3.81. The highest BCUT2D eigenvalue weighted by atomic mass is 16.7. The Kier molecular flexibility index (Phi) is 5.19. The highest BCUT2D eigenvalue weighted by Crippen LogP contribution is 2.37. The maximum absolute atomic E-state index is 12.6. The summed E-state index contributed by atoms with van der Waals surface area (Å²) < 4.78 is 13.0. The quantitative estimate of drug-likeness (QED) is 0.634. The SMILES string of the molecule is CCCCNC(=O)CC(c1ccc2c(c1)OCO2)c1cnc2cc(C)ccn12. The molecule has 1 unspecified atom stereocenters. The molecule has 0 spiro atoms. The Balaban J connectivity index is 1.69. The summed E-state index contributed by atoms with van der Waals surface area (Å²) in [6.45, 7) is 5.10. The number of aryl methyl sites for hydroxylation is 1. The van der Waals surface area contributed by atoms with Crippen molar-refractivity contribution in [2.24, 2.45) is 0 Å². The minimum Gasteiger partial charge on any atom is -0.454 e. The van der Waals surface area contributed by atoms with Crippen LogP contribution in [0.5, 0.6) is 11.5 Å². The molecule has 6 heteroatoms. The smallest absolute Gasteiger partial charge is 0.231 e. The second-order valence-electron chi connectivity index (χ2n) is 7.19. The number of ether oxygens (including phenoxy) is 2. The molecule has 0 radical (unpaired) electrons. The van der Waals surface area contributed by atoms with Crippen molar-refractivity contribution in [2.45, 2.75) is 39.0 Å². The molecule has 1 N–H and O–H groups in total. The maximum atomic E-state index is 12.6. The van der Waals surface area contributed by atoms with Gasteiger partial charge < -0.3 is 19.2 Å². The van der Waals surface area contributed by atoms with E-state index < -0.39 is 0 Å². The lowest BCUT2D eigenvalue weighted by atomic mass is 9.92. The Labute approximate surface area is 164 Å². The first-order chi connectivity index (χ1) is 13.7. The first kappa shape index (κ1) is 18.3. The Bertz CT molecular complexity index is 996. The van der Waals surface area contributed by atoms with E-state index in [9.17, 15) is 4.79 Å². The van der Waals surface area contributed by atoms with Crippen LogP contribution in [-0.2, 0) is 4.79 Å². The van der Waals surface area contributed by atoms with Gasteiger partial charge in [0.05, 0.1) is 5.69 Å². The average Bonchev–Trinajstić information content (AvgIpc) is 3.32. The summed E-state index contributed by atoms with van der Waals surface area (Å²) in [7, 11) is 0. The molecule has 2 aromatic heterocycles. The van der Waals surface area contributed by atoms with Crippen LogP contribution in [0.4, 0.5) is 0 Å². The van der Waals surface area contributed by atoms with Crippen LogP contribution in [0.1, 0.15) is 48.9 Å². The first-order valence-electron chi connectivity index (χ1n) is 9.75. The van der Waals surface area contributed by atoms with Gasteiger partial charge in [-0.3, -0.25) is 4.79 Å². The van der Waals surface area contributed by atoms with Crippen molar-refractivity contribution in [1.82, 2.24) is 14.7 Å². The van der Waals surface area contributed by atoms with E-state index >= 15 is 0 Å². The Morgan fingerprint density at radius 1 is 1.25 bits per heavy atom. The standard InChI is InChI=1S/C22H25N3O3/c1-3-4-8-23-22(26)12-17(16-5-6-19-20(11-16)28-14-27-19)18-13-24-21-10-15(2)7-9-25(18)21/h5-7,9-11,13,17H,3-4,8,12,14H2,1-2H3,(H,23,26). The number of amides is 1. The third kappa shape index (κ3) is 3.67. The Hall–Kier alpha value is -3.02. The number of hydrogen-bond donors (Lipinski definition) is 1. The van der Waals surface area contributed by atoms with E-state index in [0.717, 1.165) is 46.8 Å². The van der Waals surface area contributed by atoms with Crippen LogP contribution in [-0.4, -0.2) is 28.6 Å². The minimum atomic E-state index is -0.131. The lowest BCUT2D eigenvalue weighted by molar-refractivity contribution is -0.121. The molecule has 28 heavy (non-hydrogen) atoms. The molecule has 1 aromatic carbocycles. The fourth-order valence-electron chi connectivity index (χ4n) is 3.55. The maximum Gasteiger partial charge on any atom is 0.231 e. The largest absolute Gasteiger partial charge is 0.454 e. The number of carbonyl (C=O) groups is 1. The van der Waals surface area contributed by atoms with E-state index in [1.807, 2.05) is 43.6 Å². The van der Waals surface area contributed by atoms with Crippen LogP contribution in [0.2, 0.25) is 0 Å². The van der Waals surface area contributed by atoms with Gasteiger partial charge in [-0.15, -0.1) is 0 Å². The van der Waals surface area contributed by atoms with Crippen molar-refractivity contribution in [3.8, 4) is 11.5 Å². The van der Waals surface area contributed by atoms with Crippen molar-refractivity contribution in [3.05, 3.63) is 59.5 Å². The summed E-state index contributed by atoms with van der Waals surface area (Å²) in [4.78, 5) is 17.2. The molecule has 4 rings (SSSR count). The van der Waals surface area contributed by atoms with Crippen LogP contribution in [0.25, 0.3) is 5.65 Å². The Morgan fingerprint density at radius 2 is 2.11 bits per heavy atom. The number of pyridine rings is 1. The summed E-state index contributed by atoms with van der Waals surface area (Å²) in [5.74, 6) is 1.37. The summed E-state index contributed by atoms with van der Waals surface area (Å²) in [5.41, 5.74) is 4.03. The summed E-state index contributed by atoms with van der Waals surface area (Å²) in [5, 5.41) is 3.03. The third-order valence-electron chi connectivity index (χ3n) is 5.10. The van der Waals surface area contributed by atoms with Crippen molar-refractivity contribution < 1.29 is 14.3 Å². The summed E-state index contributed by atoms with van der Waals surface area (Å²) in [6, 6.07) is 9.98. The molecule has 0 bridgehead atoms. The number of imidazole rings is 1. The molecular formula is C22H25N3O3. The first-order valence-corrected chi connectivity index (χ1v) is 9.75. The summed E-state index contributed by atoms with van der Waals surface area (Å²) >= 11 is 0. The van der Waals surface area contributed by atoms with Gasteiger partial charge in [-0.1, -0.05) is 19.4 Å². The molecule has 0 saturated heterocycles. The van der Waals surface area contributed by atoms with Crippen LogP contribution in [0.3, 0.4) is 0 Å². The monoisotopic (exact) mass is 379 g/mol. The summed E-state index contributed by atoms with van der Waals surface area (Å²) in [6.07, 6.45) is 6.27. The van der Waals surface area contributed by atoms with Gasteiger partial charge in [0, 0.05) is 31.3 Å². The minimum absolute atomic E-state index is 0.0400. The van der Waals surface area contributed by atoms with Crippen LogP contribution < -0.4 is 14.8 Å². The van der Waals surface area contributed by atoms with Crippen molar-refractivity contribution in [2.75, 3.05) is 13.3 Å². The molecule has 3 heterocycles. The molecule has 0 aliphatic carbocycles. The molecule has 3 aromatic rings. The zero-order chi connectivity index (χ0) is 19.5. The molecule has 0 fully saturated rings. The van der Waals surface area contributed by atoms with Gasteiger partial charge in [-0.2, -0.15) is 0 Å². The normalized spacial score (nSPS) is 13.6. The second kappa shape index (κ2) is 7.92. The van der Waals surface area contributed by atoms with E-state index in [2.05, 4.69) is 27.7 Å². The molecule has 1 amide bonds. The number of nitrogens with zero attached hydrogens (tertiary/aromatic N) is 2. The number of unbranched alkanes of at least 4 members (excludes halogenated alkanes) is 1. The van der Waals surface area contributed by atoms with Gasteiger partial charge in [0.2, 0.25) is 12.7 Å². The van der Waals surface area contributed by atoms with Crippen molar-refractivity contribution in [3.63, 3.8) is 0 Å². The second-order valence-corrected chi connectivity index (χ2v) is 7.19. The topological polar surface area (TPSA) is 64.9 Å². The van der Waals surface area contributed by atoms with Crippen LogP contribution in [0, 0.1) is 6.92 Å². The van der Waals surface area contributed by atoms with Crippen molar-refractivity contribution >= 4 is 11.6 Å². The molecule has 1 aliphatic rings. The number of nitrogens with one attached hydrogen (secondary N) is 1. The van der Waals surface area contributed by atoms with Crippen LogP contribution >= 0.6 is 0 Å². The Morgan fingerprint density at radius 3 is 2.96 bits per heavy atom. The van der Waals surface area contributed by atoms with E-state index in [0.29, 0.717) is 13.0 Å². The molecule has 6 nitrogen and oxygen atoms in total. The third-order valence-corrected chi connectivity index (χ3v) is 5.10. The van der Waals surface area contributed by atoms with Crippen LogP contribution in [0.15, 0.2) is 42.7 Å². The fourth-order valence-corrected chi connectivity index (χ4v) is 3.55. The zero-order valence-corrected chi connectivity index (χ0v) is 16.3. The molecule has 1 atom stereocenters. The number of hydrogen-bond acceptors (Lipinski definition) is 4. The molecular weight excluding hydrogens is 354 g/mol. The highest BCUT2D eigenvalue weighted by molar-refractivity contribution is 5.77. The fraction of sp³-hybridized carbons (Fsp3) is 0.364. The van der Waals surface area contributed by atoms with Gasteiger partial charge in [0.1, 0.15) is 5.65 Å². The highest BCUT2D eigenvalue weighted by Gasteiger charge is 2.24. The van der Waals surface area contributed by atoms with Gasteiger partial charge in [-0.25, -0.2) is 4.98 Å². The molecule has 0 saturated carbocycles. The number of carbonyl (C=O) groups excluding carboxylic acids is 1. The van der Waals surface area contributed by atoms with E-state index in [1.165, 1.54) is 0 Å². The zero-order valence-electron chi connectivity index (χ0n) is 16.3. The average molecular weight is 379 g/mol. The van der Waals surface area contributed by atoms with Gasteiger partial charge in [0.25, 0.3) is 0 Å². The lowest BCUT2D eigenvalue weighted by Gasteiger charge is -2.18. The molecule has 146 valence electrons. The number of benzene rings is 1. The van der Waals surface area contributed by atoms with E-state index in [-0.39, 0.29) is 18.6 Å². The van der Waals surface area contributed by atoms with Crippen molar-refractivity contribution in [1.29, 1.82) is 0 Å². The molecule has 1 aliphatic heterocycles. The van der Waals surface area contributed by atoms with Gasteiger partial charge in [-0.05, 0) is 48.7 Å². The van der Waals surface area contributed by atoms with Gasteiger partial charge in [0.15, 0.2) is 11.5 Å². The number of aromatic nitrogens is 2. The van der Waals surface area contributed by atoms with Gasteiger partial charge >= 0.3 is 0 Å². The number of rotatable bonds is 7. The van der Waals surface area contributed by atoms with E-state index in [4.69, 9.17) is 9.47 Å². The predicted molar refractivity (Wildman–Crippen MR) is 107 cm³/mol.